The van der Waals surface area contributed by atoms with Gasteiger partial charge < -0.3 is 20.2 Å². The molecule has 4 rings (SSSR count). The summed E-state index contributed by atoms with van der Waals surface area (Å²) in [5.74, 6) is -0.621. The van der Waals surface area contributed by atoms with E-state index in [9.17, 15) is 19.1 Å². The van der Waals surface area contributed by atoms with Crippen molar-refractivity contribution in [1.29, 1.82) is 0 Å². The fourth-order valence-electron chi connectivity index (χ4n) is 4.10. The summed E-state index contributed by atoms with van der Waals surface area (Å²) in [5.41, 5.74) is 1.79. The van der Waals surface area contributed by atoms with Crippen molar-refractivity contribution in [2.75, 3.05) is 41.3 Å². The molecule has 0 saturated carbocycles. The summed E-state index contributed by atoms with van der Waals surface area (Å²) >= 11 is 0. The Morgan fingerprint density at radius 2 is 1.76 bits per heavy atom. The molecule has 3 aromatic rings. The number of carbonyl (C=O) groups excluding carboxylic acids is 1. The van der Waals surface area contributed by atoms with E-state index in [1.54, 1.807) is 36.4 Å². The van der Waals surface area contributed by atoms with Crippen molar-refractivity contribution in [2.45, 2.75) is 20.3 Å². The average Bonchev–Trinajstić information content (AvgIpc) is 2.78. The molecule has 0 spiro atoms. The minimum Gasteiger partial charge on any atom is -0.478 e. The highest BCUT2D eigenvalue weighted by Gasteiger charge is 2.22. The molecule has 1 fully saturated rings. The summed E-state index contributed by atoms with van der Waals surface area (Å²) in [6, 6.07) is 13.4. The number of amides is 1. The molecule has 7 nitrogen and oxygen atoms in total. The summed E-state index contributed by atoms with van der Waals surface area (Å²) in [7, 11) is 0. The molecule has 0 unspecified atom stereocenters. The van der Waals surface area contributed by atoms with Crippen LogP contribution in [-0.4, -0.2) is 48.1 Å². The molecule has 2 aromatic carbocycles. The zero-order valence-corrected chi connectivity index (χ0v) is 18.7. The van der Waals surface area contributed by atoms with Crippen molar-refractivity contribution in [3.05, 3.63) is 59.9 Å². The lowest BCUT2D eigenvalue weighted by atomic mass is 10.1. The second-order valence-electron chi connectivity index (χ2n) is 8.64. The SMILES string of the molecule is CC(C)CC(=O)Nc1ccc2nc(N3CCN(c4ccccc4F)CC3)cc(C(=O)O)c2c1. The van der Waals surface area contributed by atoms with Gasteiger partial charge in [0.05, 0.1) is 16.8 Å². The van der Waals surface area contributed by atoms with Gasteiger partial charge >= 0.3 is 5.97 Å². The number of carbonyl (C=O) groups is 2. The fraction of sp³-hybridized carbons (Fsp3) is 0.320. The van der Waals surface area contributed by atoms with Crippen LogP contribution >= 0.6 is 0 Å². The predicted molar refractivity (Wildman–Crippen MR) is 128 cm³/mol. The number of anilines is 3. The van der Waals surface area contributed by atoms with E-state index in [0.717, 1.165) is 0 Å². The largest absolute Gasteiger partial charge is 0.478 e. The van der Waals surface area contributed by atoms with Gasteiger partial charge in [0.1, 0.15) is 11.6 Å². The van der Waals surface area contributed by atoms with E-state index in [4.69, 9.17) is 0 Å². The number of aromatic carboxylic acids is 1. The summed E-state index contributed by atoms with van der Waals surface area (Å²) in [6.07, 6.45) is 0.389. The monoisotopic (exact) mass is 450 g/mol. The molecular weight excluding hydrogens is 423 g/mol. The number of fused-ring (bicyclic) bond motifs is 1. The van der Waals surface area contributed by atoms with Crippen LogP contribution in [0.15, 0.2) is 48.5 Å². The number of para-hydroxylation sites is 1. The normalized spacial score (nSPS) is 14.1. The number of carboxylic acid groups (broad SMARTS) is 1. The van der Waals surface area contributed by atoms with Crippen LogP contribution in [0.4, 0.5) is 21.6 Å². The molecule has 0 aliphatic carbocycles. The van der Waals surface area contributed by atoms with Gasteiger partial charge in [-0.2, -0.15) is 0 Å². The van der Waals surface area contributed by atoms with E-state index in [0.29, 0.717) is 60.7 Å². The Balaban J connectivity index is 1.57. The Kier molecular flexibility index (Phi) is 6.44. The van der Waals surface area contributed by atoms with E-state index in [1.165, 1.54) is 6.07 Å². The van der Waals surface area contributed by atoms with Crippen molar-refractivity contribution in [2.24, 2.45) is 5.92 Å². The number of rotatable bonds is 6. The second kappa shape index (κ2) is 9.44. The molecule has 1 saturated heterocycles. The van der Waals surface area contributed by atoms with Crippen LogP contribution in [-0.2, 0) is 4.79 Å². The lowest BCUT2D eigenvalue weighted by Gasteiger charge is -2.37. The smallest absolute Gasteiger partial charge is 0.336 e. The number of benzene rings is 2. The van der Waals surface area contributed by atoms with Crippen LogP contribution < -0.4 is 15.1 Å². The number of pyridine rings is 1. The number of hydrogen-bond acceptors (Lipinski definition) is 5. The van der Waals surface area contributed by atoms with E-state index >= 15 is 0 Å². The molecular formula is C25H27FN4O3. The summed E-state index contributed by atoms with van der Waals surface area (Å²) in [5, 5.41) is 13.1. The molecule has 0 radical (unpaired) electrons. The molecule has 1 aliphatic rings. The first-order valence-electron chi connectivity index (χ1n) is 11.0. The van der Waals surface area contributed by atoms with E-state index < -0.39 is 5.97 Å². The third-order valence-corrected chi connectivity index (χ3v) is 5.70. The van der Waals surface area contributed by atoms with Crippen LogP contribution in [0.1, 0.15) is 30.6 Å². The topological polar surface area (TPSA) is 85.8 Å². The van der Waals surface area contributed by atoms with Crippen LogP contribution in [0.5, 0.6) is 0 Å². The highest BCUT2D eigenvalue weighted by Crippen LogP contribution is 2.28. The Bertz CT molecular complexity index is 1190. The number of piperazine rings is 1. The number of aromatic nitrogens is 1. The van der Waals surface area contributed by atoms with Gasteiger partial charge in [0.25, 0.3) is 0 Å². The van der Waals surface area contributed by atoms with Gasteiger partial charge in [0, 0.05) is 43.7 Å². The van der Waals surface area contributed by atoms with Crippen molar-refractivity contribution >= 4 is 40.0 Å². The Morgan fingerprint density at radius 1 is 1.06 bits per heavy atom. The maximum atomic E-state index is 14.1. The van der Waals surface area contributed by atoms with Crippen LogP contribution in [0.2, 0.25) is 0 Å². The number of carboxylic acids is 1. The average molecular weight is 451 g/mol. The van der Waals surface area contributed by atoms with Crippen molar-refractivity contribution in [3.63, 3.8) is 0 Å². The van der Waals surface area contributed by atoms with Crippen molar-refractivity contribution in [3.8, 4) is 0 Å². The van der Waals surface area contributed by atoms with E-state index in [2.05, 4.69) is 10.3 Å². The minimum atomic E-state index is -1.06. The van der Waals surface area contributed by atoms with E-state index in [1.807, 2.05) is 29.7 Å². The molecule has 1 aliphatic heterocycles. The third-order valence-electron chi connectivity index (χ3n) is 5.70. The third kappa shape index (κ3) is 5.05. The first-order valence-corrected chi connectivity index (χ1v) is 11.0. The molecule has 33 heavy (non-hydrogen) atoms. The van der Waals surface area contributed by atoms with Crippen LogP contribution in [0, 0.1) is 11.7 Å². The minimum absolute atomic E-state index is 0.112. The molecule has 0 atom stereocenters. The molecule has 2 N–H and O–H groups in total. The zero-order valence-electron chi connectivity index (χ0n) is 18.7. The summed E-state index contributed by atoms with van der Waals surface area (Å²) in [4.78, 5) is 32.8. The van der Waals surface area contributed by atoms with E-state index in [-0.39, 0.29) is 23.2 Å². The number of nitrogens with zero attached hydrogens (tertiary/aromatic N) is 3. The van der Waals surface area contributed by atoms with Crippen molar-refractivity contribution in [1.82, 2.24) is 4.98 Å². The molecule has 1 aromatic heterocycles. The van der Waals surface area contributed by atoms with Gasteiger partial charge in [0.2, 0.25) is 5.91 Å². The first kappa shape index (κ1) is 22.5. The predicted octanol–water partition coefficient (Wildman–Crippen LogP) is 4.38. The van der Waals surface area contributed by atoms with Crippen LogP contribution in [0.3, 0.4) is 0 Å². The number of halogens is 1. The molecule has 8 heteroatoms. The molecule has 172 valence electrons. The lowest BCUT2D eigenvalue weighted by molar-refractivity contribution is -0.116. The highest BCUT2D eigenvalue weighted by molar-refractivity contribution is 6.05. The Hall–Kier alpha value is -3.68. The molecule has 2 heterocycles. The van der Waals surface area contributed by atoms with Gasteiger partial charge in [0.15, 0.2) is 0 Å². The van der Waals surface area contributed by atoms with Crippen molar-refractivity contribution < 1.29 is 19.1 Å². The zero-order chi connectivity index (χ0) is 23.5. The quantitative estimate of drug-likeness (QED) is 0.580. The van der Waals surface area contributed by atoms with Gasteiger partial charge in [-0.1, -0.05) is 26.0 Å². The maximum Gasteiger partial charge on any atom is 0.336 e. The van der Waals surface area contributed by atoms with Gasteiger partial charge in [-0.3, -0.25) is 4.79 Å². The Labute approximate surface area is 191 Å². The Morgan fingerprint density at radius 3 is 2.42 bits per heavy atom. The highest BCUT2D eigenvalue weighted by atomic mass is 19.1. The fourth-order valence-corrected chi connectivity index (χ4v) is 4.10. The number of hydrogen-bond donors (Lipinski definition) is 2. The lowest BCUT2D eigenvalue weighted by Crippen LogP contribution is -2.47. The standard InChI is InChI=1S/C25H27FN4O3/c1-16(2)13-24(31)27-17-7-8-21-18(14-17)19(25(32)33)15-23(28-21)30-11-9-29(10-12-30)22-6-4-3-5-20(22)26/h3-8,14-16H,9-13H2,1-2H3,(H,27,31)(H,32,33). The molecule has 1 amide bonds. The summed E-state index contributed by atoms with van der Waals surface area (Å²) in [6.45, 7) is 6.31. The first-order chi connectivity index (χ1) is 15.8. The summed E-state index contributed by atoms with van der Waals surface area (Å²) < 4.78 is 14.1. The maximum absolute atomic E-state index is 14.1. The van der Waals surface area contributed by atoms with Crippen LogP contribution in [0.25, 0.3) is 10.9 Å². The van der Waals surface area contributed by atoms with Gasteiger partial charge in [-0.25, -0.2) is 14.2 Å². The molecule has 0 bridgehead atoms. The number of nitrogens with one attached hydrogen (secondary N) is 1. The van der Waals surface area contributed by atoms with Gasteiger partial charge in [-0.05, 0) is 42.3 Å². The van der Waals surface area contributed by atoms with Gasteiger partial charge in [-0.15, -0.1) is 0 Å². The second-order valence-corrected chi connectivity index (χ2v) is 8.64.